The van der Waals surface area contributed by atoms with E-state index < -0.39 is 5.97 Å². The van der Waals surface area contributed by atoms with Crippen molar-refractivity contribution in [2.24, 2.45) is 11.8 Å². The van der Waals surface area contributed by atoms with Crippen LogP contribution in [-0.2, 0) is 11.2 Å². The smallest absolute Gasteiger partial charge is 0.307 e. The van der Waals surface area contributed by atoms with Crippen molar-refractivity contribution >= 4 is 5.97 Å². The second-order valence-electron chi connectivity index (χ2n) is 5.38. The molecule has 92 valence electrons. The summed E-state index contributed by atoms with van der Waals surface area (Å²) in [5.41, 5.74) is 2.46. The molecule has 1 aromatic carbocycles. The minimum absolute atomic E-state index is 0.181. The fourth-order valence-corrected chi connectivity index (χ4v) is 2.25. The molecule has 0 radical (unpaired) electrons. The number of carbonyl (C=O) groups is 1. The zero-order chi connectivity index (χ0) is 12.4. The Morgan fingerprint density at radius 3 is 2.29 bits per heavy atom. The third kappa shape index (κ3) is 3.09. The average molecular weight is 232 g/mol. The largest absolute Gasteiger partial charge is 0.481 e. The quantitative estimate of drug-likeness (QED) is 0.844. The Morgan fingerprint density at radius 1 is 1.29 bits per heavy atom. The molecule has 1 aromatic rings. The molecule has 0 aromatic heterocycles. The summed E-state index contributed by atoms with van der Waals surface area (Å²) in [6, 6.07) is 8.39. The zero-order valence-electron chi connectivity index (χ0n) is 10.5. The van der Waals surface area contributed by atoms with Crippen LogP contribution in [0.2, 0.25) is 0 Å². The normalized spacial score (nSPS) is 17.1. The molecule has 0 aliphatic heterocycles. The third-order valence-electron chi connectivity index (χ3n) is 3.61. The van der Waals surface area contributed by atoms with Crippen molar-refractivity contribution in [3.05, 3.63) is 35.4 Å². The van der Waals surface area contributed by atoms with Crippen LogP contribution in [0, 0.1) is 11.8 Å². The summed E-state index contributed by atoms with van der Waals surface area (Å²) in [7, 11) is 0. The molecule has 2 heteroatoms. The standard InChI is InChI=1S/C15H20O2/c1-10(2)12-5-3-11(4-6-12)9-14(15(16)17)13-7-8-13/h3-6,10,13-14H,7-9H2,1-2H3,(H,16,17). The highest BCUT2D eigenvalue weighted by atomic mass is 16.4. The molecule has 2 nitrogen and oxygen atoms in total. The van der Waals surface area contributed by atoms with E-state index in [1.54, 1.807) is 0 Å². The van der Waals surface area contributed by atoms with Gasteiger partial charge in [-0.3, -0.25) is 4.79 Å². The van der Waals surface area contributed by atoms with Crippen LogP contribution in [0.15, 0.2) is 24.3 Å². The van der Waals surface area contributed by atoms with Crippen LogP contribution in [0.3, 0.4) is 0 Å². The lowest BCUT2D eigenvalue weighted by Gasteiger charge is -2.12. The first kappa shape index (κ1) is 12.2. The third-order valence-corrected chi connectivity index (χ3v) is 3.61. The molecule has 0 spiro atoms. The van der Waals surface area contributed by atoms with E-state index in [0.29, 0.717) is 18.3 Å². The van der Waals surface area contributed by atoms with E-state index in [1.807, 2.05) is 0 Å². The van der Waals surface area contributed by atoms with Crippen molar-refractivity contribution < 1.29 is 9.90 Å². The monoisotopic (exact) mass is 232 g/mol. The lowest BCUT2D eigenvalue weighted by molar-refractivity contribution is -0.142. The maximum absolute atomic E-state index is 11.2. The van der Waals surface area contributed by atoms with Crippen LogP contribution in [-0.4, -0.2) is 11.1 Å². The molecule has 0 bridgehead atoms. The summed E-state index contributed by atoms with van der Waals surface area (Å²) in [6.07, 6.45) is 2.85. The molecular formula is C15H20O2. The first-order chi connectivity index (χ1) is 8.08. The van der Waals surface area contributed by atoms with Crippen LogP contribution in [0.5, 0.6) is 0 Å². The highest BCUT2D eigenvalue weighted by Crippen LogP contribution is 2.38. The molecule has 2 rings (SSSR count). The van der Waals surface area contributed by atoms with Crippen molar-refractivity contribution in [2.45, 2.75) is 39.0 Å². The molecule has 1 N–H and O–H groups in total. The molecule has 1 aliphatic rings. The van der Waals surface area contributed by atoms with Gasteiger partial charge in [0.15, 0.2) is 0 Å². The summed E-state index contributed by atoms with van der Waals surface area (Å²) in [5.74, 6) is 0.125. The molecular weight excluding hydrogens is 212 g/mol. The molecule has 0 saturated heterocycles. The van der Waals surface area contributed by atoms with Crippen molar-refractivity contribution in [1.29, 1.82) is 0 Å². The number of aliphatic carboxylic acids is 1. The summed E-state index contributed by atoms with van der Waals surface area (Å²) in [4.78, 5) is 11.2. The Kier molecular flexibility index (Phi) is 3.51. The van der Waals surface area contributed by atoms with Gasteiger partial charge in [0.2, 0.25) is 0 Å². The second-order valence-corrected chi connectivity index (χ2v) is 5.38. The molecule has 1 unspecified atom stereocenters. The van der Waals surface area contributed by atoms with E-state index in [-0.39, 0.29) is 5.92 Å². The van der Waals surface area contributed by atoms with Crippen LogP contribution in [0.1, 0.15) is 43.7 Å². The van der Waals surface area contributed by atoms with Gasteiger partial charge in [0.25, 0.3) is 0 Å². The van der Waals surface area contributed by atoms with Crippen LogP contribution < -0.4 is 0 Å². The zero-order valence-corrected chi connectivity index (χ0v) is 10.5. The van der Waals surface area contributed by atoms with Crippen molar-refractivity contribution in [3.8, 4) is 0 Å². The van der Waals surface area contributed by atoms with E-state index in [2.05, 4.69) is 38.1 Å². The molecule has 1 atom stereocenters. The SMILES string of the molecule is CC(C)c1ccc(CC(C(=O)O)C2CC2)cc1. The highest BCUT2D eigenvalue weighted by Gasteiger charge is 2.35. The van der Waals surface area contributed by atoms with E-state index >= 15 is 0 Å². The number of carboxylic acids is 1. The number of hydrogen-bond acceptors (Lipinski definition) is 1. The lowest BCUT2D eigenvalue weighted by atomic mass is 9.93. The Hall–Kier alpha value is -1.31. The Labute approximate surface area is 103 Å². The second kappa shape index (κ2) is 4.91. The first-order valence-corrected chi connectivity index (χ1v) is 6.39. The summed E-state index contributed by atoms with van der Waals surface area (Å²) in [5, 5.41) is 9.19. The maximum Gasteiger partial charge on any atom is 0.307 e. The molecule has 1 aliphatic carbocycles. The minimum atomic E-state index is -0.638. The van der Waals surface area contributed by atoms with E-state index in [0.717, 1.165) is 18.4 Å². The van der Waals surface area contributed by atoms with Gasteiger partial charge in [-0.25, -0.2) is 0 Å². The van der Waals surface area contributed by atoms with E-state index in [9.17, 15) is 9.90 Å². The van der Waals surface area contributed by atoms with Crippen molar-refractivity contribution in [2.75, 3.05) is 0 Å². The topological polar surface area (TPSA) is 37.3 Å². The summed E-state index contributed by atoms with van der Waals surface area (Å²) in [6.45, 7) is 4.33. The molecule has 1 fully saturated rings. The van der Waals surface area contributed by atoms with E-state index in [4.69, 9.17) is 0 Å². The highest BCUT2D eigenvalue weighted by molar-refractivity contribution is 5.71. The average Bonchev–Trinajstić information content (AvgIpc) is 3.10. The number of rotatable bonds is 5. The molecule has 17 heavy (non-hydrogen) atoms. The molecule has 0 heterocycles. The van der Waals surface area contributed by atoms with Gasteiger partial charge >= 0.3 is 5.97 Å². The summed E-state index contributed by atoms with van der Waals surface area (Å²) < 4.78 is 0. The minimum Gasteiger partial charge on any atom is -0.481 e. The van der Waals surface area contributed by atoms with Gasteiger partial charge in [0, 0.05) is 0 Å². The van der Waals surface area contributed by atoms with Crippen molar-refractivity contribution in [1.82, 2.24) is 0 Å². The maximum atomic E-state index is 11.2. The van der Waals surface area contributed by atoms with Gasteiger partial charge in [-0.1, -0.05) is 38.1 Å². The van der Waals surface area contributed by atoms with Crippen LogP contribution >= 0.6 is 0 Å². The lowest BCUT2D eigenvalue weighted by Crippen LogP contribution is -2.18. The molecule has 0 amide bonds. The van der Waals surface area contributed by atoms with Gasteiger partial charge in [-0.2, -0.15) is 0 Å². The van der Waals surface area contributed by atoms with Gasteiger partial charge in [0.1, 0.15) is 0 Å². The fraction of sp³-hybridized carbons (Fsp3) is 0.533. The van der Waals surface area contributed by atoms with Crippen molar-refractivity contribution in [3.63, 3.8) is 0 Å². The van der Waals surface area contributed by atoms with Crippen LogP contribution in [0.25, 0.3) is 0 Å². The summed E-state index contributed by atoms with van der Waals surface area (Å²) >= 11 is 0. The van der Waals surface area contributed by atoms with E-state index in [1.165, 1.54) is 5.56 Å². The number of carboxylic acid groups (broad SMARTS) is 1. The van der Waals surface area contributed by atoms with Crippen LogP contribution in [0.4, 0.5) is 0 Å². The Balaban J connectivity index is 2.04. The predicted octanol–water partition coefficient (Wildman–Crippen LogP) is 3.46. The van der Waals surface area contributed by atoms with Gasteiger partial charge < -0.3 is 5.11 Å². The van der Waals surface area contributed by atoms with Gasteiger partial charge in [-0.05, 0) is 42.2 Å². The predicted molar refractivity (Wildman–Crippen MR) is 68.1 cm³/mol. The Morgan fingerprint density at radius 2 is 1.88 bits per heavy atom. The van der Waals surface area contributed by atoms with Gasteiger partial charge in [0.05, 0.1) is 5.92 Å². The first-order valence-electron chi connectivity index (χ1n) is 6.39. The number of benzene rings is 1. The Bertz CT molecular complexity index is 388. The number of hydrogen-bond donors (Lipinski definition) is 1. The fourth-order valence-electron chi connectivity index (χ4n) is 2.25. The molecule has 1 saturated carbocycles. The van der Waals surface area contributed by atoms with Gasteiger partial charge in [-0.15, -0.1) is 0 Å².